The van der Waals surface area contributed by atoms with Gasteiger partial charge in [0.25, 0.3) is 0 Å². The fourth-order valence-electron chi connectivity index (χ4n) is 2.51. The van der Waals surface area contributed by atoms with Crippen molar-refractivity contribution in [3.05, 3.63) is 35.9 Å². The Morgan fingerprint density at radius 1 is 1.00 bits per heavy atom. The summed E-state index contributed by atoms with van der Waals surface area (Å²) in [5.74, 6) is -3.05. The molecule has 0 aliphatic carbocycles. The summed E-state index contributed by atoms with van der Waals surface area (Å²) in [6, 6.07) is 5.71. The largest absolute Gasteiger partial charge is 0.481 e. The summed E-state index contributed by atoms with van der Waals surface area (Å²) in [6.45, 7) is 0. The maximum absolute atomic E-state index is 12.7. The summed E-state index contributed by atoms with van der Waals surface area (Å²) in [4.78, 5) is 47.1. The van der Waals surface area contributed by atoms with Crippen LogP contribution in [0.4, 0.5) is 0 Å². The van der Waals surface area contributed by atoms with Crippen LogP contribution in [-0.4, -0.2) is 64.1 Å². The van der Waals surface area contributed by atoms with Crippen LogP contribution in [0.1, 0.15) is 24.8 Å². The molecule has 0 heterocycles. The highest BCUT2D eigenvalue weighted by Gasteiger charge is 2.28. The number of aliphatic carboxylic acids is 2. The van der Waals surface area contributed by atoms with E-state index in [1.807, 2.05) is 12.3 Å². The number of rotatable bonds is 13. The number of nitrogens with one attached hydrogen (secondary N) is 2. The van der Waals surface area contributed by atoms with Crippen molar-refractivity contribution < 1.29 is 29.4 Å². The number of hydrogen-bond donors (Lipinski definition) is 5. The topological polar surface area (TPSA) is 159 Å². The van der Waals surface area contributed by atoms with E-state index in [-0.39, 0.29) is 12.8 Å². The van der Waals surface area contributed by atoms with Crippen LogP contribution in [0, 0.1) is 0 Å². The normalized spacial score (nSPS) is 13.7. The minimum absolute atomic E-state index is 0.138. The molecule has 0 radical (unpaired) electrons. The molecule has 1 rings (SSSR count). The standard InChI is InChI=1S/C19H27N3O6S/c1-29-10-9-13(20)17(25)22-15(11-12-5-3-2-4-6-12)18(26)21-14(19(27)28)7-8-16(23)24/h2-6,13-15H,7-11,20H2,1H3,(H,21,26)(H,22,25)(H,23,24)(H,27,28)/t13-,14-,15-/m0/s1. The van der Waals surface area contributed by atoms with Gasteiger partial charge in [-0.05, 0) is 30.4 Å². The van der Waals surface area contributed by atoms with Gasteiger partial charge in [-0.2, -0.15) is 11.8 Å². The van der Waals surface area contributed by atoms with E-state index in [2.05, 4.69) is 10.6 Å². The van der Waals surface area contributed by atoms with Gasteiger partial charge in [0.1, 0.15) is 12.1 Å². The predicted molar refractivity (Wildman–Crippen MR) is 109 cm³/mol. The maximum atomic E-state index is 12.7. The average Bonchev–Trinajstić information content (AvgIpc) is 2.68. The van der Waals surface area contributed by atoms with Gasteiger partial charge in [0.05, 0.1) is 6.04 Å². The highest BCUT2D eigenvalue weighted by molar-refractivity contribution is 7.98. The molecule has 1 aromatic rings. The van der Waals surface area contributed by atoms with Crippen molar-refractivity contribution in [3.8, 4) is 0 Å². The third kappa shape index (κ3) is 9.44. The van der Waals surface area contributed by atoms with Crippen molar-refractivity contribution in [2.45, 2.75) is 43.8 Å². The Hall–Kier alpha value is -2.59. The van der Waals surface area contributed by atoms with Crippen LogP contribution < -0.4 is 16.4 Å². The zero-order chi connectivity index (χ0) is 21.8. The van der Waals surface area contributed by atoms with E-state index in [0.29, 0.717) is 12.2 Å². The van der Waals surface area contributed by atoms with Crippen LogP contribution in [0.3, 0.4) is 0 Å². The molecule has 3 atom stereocenters. The summed E-state index contributed by atoms with van der Waals surface area (Å²) >= 11 is 1.54. The third-order valence-corrected chi connectivity index (χ3v) is 4.79. The molecule has 10 heteroatoms. The Morgan fingerprint density at radius 2 is 1.62 bits per heavy atom. The van der Waals surface area contributed by atoms with Crippen LogP contribution in [-0.2, 0) is 25.6 Å². The number of carbonyl (C=O) groups is 4. The van der Waals surface area contributed by atoms with Crippen molar-refractivity contribution in [1.29, 1.82) is 0 Å². The first-order valence-electron chi connectivity index (χ1n) is 9.08. The first-order valence-corrected chi connectivity index (χ1v) is 10.5. The predicted octanol–water partition coefficient (Wildman–Crippen LogP) is 0.229. The van der Waals surface area contributed by atoms with Crippen LogP contribution in [0.25, 0.3) is 0 Å². The zero-order valence-corrected chi connectivity index (χ0v) is 17.0. The van der Waals surface area contributed by atoms with Crippen molar-refractivity contribution in [2.24, 2.45) is 5.73 Å². The Morgan fingerprint density at radius 3 is 2.17 bits per heavy atom. The zero-order valence-electron chi connectivity index (χ0n) is 16.2. The SMILES string of the molecule is CSCC[C@H](N)C(=O)N[C@@H](Cc1ccccc1)C(=O)N[C@@H](CCC(=O)O)C(=O)O. The quantitative estimate of drug-likeness (QED) is 0.300. The van der Waals surface area contributed by atoms with Gasteiger partial charge < -0.3 is 26.6 Å². The van der Waals surface area contributed by atoms with Crippen LogP contribution >= 0.6 is 11.8 Å². The van der Waals surface area contributed by atoms with Gasteiger partial charge in [-0.25, -0.2) is 4.79 Å². The van der Waals surface area contributed by atoms with Gasteiger partial charge in [-0.1, -0.05) is 30.3 Å². The average molecular weight is 426 g/mol. The van der Waals surface area contributed by atoms with E-state index in [1.54, 1.807) is 36.0 Å². The second kappa shape index (κ2) is 12.8. The lowest BCUT2D eigenvalue weighted by molar-refractivity contribution is -0.143. The van der Waals surface area contributed by atoms with Crippen molar-refractivity contribution in [1.82, 2.24) is 10.6 Å². The number of thioether (sulfide) groups is 1. The molecule has 0 aromatic heterocycles. The molecular formula is C19H27N3O6S. The molecule has 29 heavy (non-hydrogen) atoms. The molecule has 0 bridgehead atoms. The van der Waals surface area contributed by atoms with Crippen molar-refractivity contribution in [2.75, 3.05) is 12.0 Å². The minimum atomic E-state index is -1.38. The molecule has 0 aliphatic rings. The van der Waals surface area contributed by atoms with Gasteiger partial charge in [-0.15, -0.1) is 0 Å². The van der Waals surface area contributed by atoms with E-state index in [1.165, 1.54) is 0 Å². The molecular weight excluding hydrogens is 398 g/mol. The lowest BCUT2D eigenvalue weighted by atomic mass is 10.0. The lowest BCUT2D eigenvalue weighted by Gasteiger charge is -2.23. The molecule has 0 spiro atoms. The number of carbonyl (C=O) groups excluding carboxylic acids is 2. The Bertz CT molecular complexity index is 700. The monoisotopic (exact) mass is 425 g/mol. The molecule has 1 aromatic carbocycles. The van der Waals surface area contributed by atoms with Crippen LogP contribution in [0.15, 0.2) is 30.3 Å². The summed E-state index contributed by atoms with van der Waals surface area (Å²) in [5.41, 5.74) is 6.63. The van der Waals surface area contributed by atoms with E-state index in [0.717, 1.165) is 5.56 Å². The fourth-order valence-corrected chi connectivity index (χ4v) is 3.00. The van der Waals surface area contributed by atoms with Crippen molar-refractivity contribution in [3.63, 3.8) is 0 Å². The number of benzene rings is 1. The highest BCUT2D eigenvalue weighted by atomic mass is 32.2. The van der Waals surface area contributed by atoms with Gasteiger partial charge in [0.15, 0.2) is 0 Å². The molecule has 0 saturated heterocycles. The van der Waals surface area contributed by atoms with E-state index >= 15 is 0 Å². The molecule has 0 saturated carbocycles. The Balaban J connectivity index is 2.90. The second-order valence-corrected chi connectivity index (χ2v) is 7.46. The van der Waals surface area contributed by atoms with Crippen LogP contribution in [0.2, 0.25) is 0 Å². The minimum Gasteiger partial charge on any atom is -0.481 e. The smallest absolute Gasteiger partial charge is 0.326 e. The van der Waals surface area contributed by atoms with E-state index < -0.39 is 48.3 Å². The molecule has 2 amide bonds. The second-order valence-electron chi connectivity index (χ2n) is 6.47. The number of nitrogens with two attached hydrogens (primary N) is 1. The van der Waals surface area contributed by atoms with Gasteiger partial charge in [0, 0.05) is 12.8 Å². The third-order valence-electron chi connectivity index (χ3n) is 4.15. The highest BCUT2D eigenvalue weighted by Crippen LogP contribution is 2.07. The number of carboxylic acids is 2. The molecule has 0 aliphatic heterocycles. The summed E-state index contributed by atoms with van der Waals surface area (Å²) in [5, 5.41) is 22.9. The number of carboxylic acid groups (broad SMARTS) is 2. The summed E-state index contributed by atoms with van der Waals surface area (Å²) in [6.07, 6.45) is 1.78. The van der Waals surface area contributed by atoms with Gasteiger partial charge in [0.2, 0.25) is 11.8 Å². The fraction of sp³-hybridized carbons (Fsp3) is 0.474. The van der Waals surface area contributed by atoms with E-state index in [9.17, 15) is 24.3 Å². The molecule has 0 fully saturated rings. The van der Waals surface area contributed by atoms with Crippen molar-refractivity contribution >= 4 is 35.5 Å². The molecule has 0 unspecified atom stereocenters. The first-order chi connectivity index (χ1) is 13.7. The summed E-state index contributed by atoms with van der Waals surface area (Å²) < 4.78 is 0. The van der Waals surface area contributed by atoms with E-state index in [4.69, 9.17) is 10.8 Å². The number of hydrogen-bond acceptors (Lipinski definition) is 6. The van der Waals surface area contributed by atoms with Gasteiger partial charge in [-0.3, -0.25) is 14.4 Å². The Labute approximate surface area is 173 Å². The Kier molecular flexibility index (Phi) is 10.8. The van der Waals surface area contributed by atoms with Crippen LogP contribution in [0.5, 0.6) is 0 Å². The van der Waals surface area contributed by atoms with Gasteiger partial charge >= 0.3 is 11.9 Å². The number of amides is 2. The molecule has 160 valence electrons. The lowest BCUT2D eigenvalue weighted by Crippen LogP contribution is -2.55. The maximum Gasteiger partial charge on any atom is 0.326 e. The molecule has 6 N–H and O–H groups in total. The molecule has 9 nitrogen and oxygen atoms in total. The first kappa shape index (κ1) is 24.4. The summed E-state index contributed by atoms with van der Waals surface area (Å²) in [7, 11) is 0.